The summed E-state index contributed by atoms with van der Waals surface area (Å²) in [6, 6.07) is 10.1. The number of aryl methyl sites for hydroxylation is 1. The quantitative estimate of drug-likeness (QED) is 0.589. The maximum atomic E-state index is 6.09. The molecule has 1 fully saturated rings. The molecule has 0 aliphatic carbocycles. The molecule has 4 heterocycles. The fourth-order valence-corrected chi connectivity index (χ4v) is 3.65. The third-order valence-corrected chi connectivity index (χ3v) is 5.17. The zero-order chi connectivity index (χ0) is 19.1. The summed E-state index contributed by atoms with van der Waals surface area (Å²) in [5.41, 5.74) is 4.41. The zero-order valence-electron chi connectivity index (χ0n) is 15.8. The number of rotatable bonds is 4. The topological polar surface area (TPSA) is 82.7 Å². The standard InChI is InChI=1S/C20H21N7O/c1-13-16(11-24-27(13)14-6-4-3-5-7-14)18-25-17-19(26(18)2)22-12-23-20(17)28-15-8-9-21-10-15/h3-7,11-12,15,21H,8-10H2,1-2H3. The average molecular weight is 375 g/mol. The number of para-hydroxylation sites is 1. The summed E-state index contributed by atoms with van der Waals surface area (Å²) in [4.78, 5) is 13.6. The lowest BCUT2D eigenvalue weighted by Crippen LogP contribution is -2.20. The molecule has 1 N–H and O–H groups in total. The predicted molar refractivity (Wildman–Crippen MR) is 106 cm³/mol. The number of nitrogens with zero attached hydrogens (tertiary/aromatic N) is 6. The van der Waals surface area contributed by atoms with E-state index in [4.69, 9.17) is 9.72 Å². The number of ether oxygens (including phenoxy) is 1. The van der Waals surface area contributed by atoms with Crippen LogP contribution in [0.2, 0.25) is 0 Å². The van der Waals surface area contributed by atoms with Crippen LogP contribution in [0.4, 0.5) is 0 Å². The Hall–Kier alpha value is -3.26. The van der Waals surface area contributed by atoms with Crippen LogP contribution in [0.3, 0.4) is 0 Å². The van der Waals surface area contributed by atoms with Crippen LogP contribution in [0.1, 0.15) is 12.1 Å². The van der Waals surface area contributed by atoms with Crippen LogP contribution in [0.5, 0.6) is 5.88 Å². The van der Waals surface area contributed by atoms with Crippen molar-refractivity contribution >= 4 is 11.2 Å². The van der Waals surface area contributed by atoms with Crippen LogP contribution >= 0.6 is 0 Å². The van der Waals surface area contributed by atoms with Crippen molar-refractivity contribution in [1.29, 1.82) is 0 Å². The minimum atomic E-state index is 0.117. The first-order valence-electron chi connectivity index (χ1n) is 9.37. The highest BCUT2D eigenvalue weighted by Crippen LogP contribution is 2.30. The van der Waals surface area contributed by atoms with E-state index < -0.39 is 0 Å². The Morgan fingerprint density at radius 2 is 2.04 bits per heavy atom. The van der Waals surface area contributed by atoms with Gasteiger partial charge >= 0.3 is 0 Å². The normalized spacial score (nSPS) is 16.7. The maximum Gasteiger partial charge on any atom is 0.245 e. The van der Waals surface area contributed by atoms with Crippen molar-refractivity contribution < 1.29 is 4.74 Å². The summed E-state index contributed by atoms with van der Waals surface area (Å²) < 4.78 is 9.97. The highest BCUT2D eigenvalue weighted by Gasteiger charge is 2.22. The van der Waals surface area contributed by atoms with Gasteiger partial charge in [-0.05, 0) is 32.0 Å². The van der Waals surface area contributed by atoms with Crippen molar-refractivity contribution in [2.45, 2.75) is 19.4 Å². The molecular formula is C20H21N7O. The summed E-state index contributed by atoms with van der Waals surface area (Å²) in [7, 11) is 1.96. The van der Waals surface area contributed by atoms with Crippen molar-refractivity contribution in [2.24, 2.45) is 7.05 Å². The Morgan fingerprint density at radius 3 is 2.82 bits per heavy atom. The molecule has 0 radical (unpaired) electrons. The van der Waals surface area contributed by atoms with Crippen molar-refractivity contribution in [3.8, 4) is 23.0 Å². The van der Waals surface area contributed by atoms with E-state index >= 15 is 0 Å². The van der Waals surface area contributed by atoms with Crippen LogP contribution in [0.15, 0.2) is 42.9 Å². The average Bonchev–Trinajstić information content (AvgIpc) is 3.43. The largest absolute Gasteiger partial charge is 0.471 e. The fraction of sp³-hybridized carbons (Fsp3) is 0.300. The van der Waals surface area contributed by atoms with Crippen LogP contribution < -0.4 is 10.1 Å². The van der Waals surface area contributed by atoms with Crippen molar-refractivity contribution in [2.75, 3.05) is 13.1 Å². The third-order valence-electron chi connectivity index (χ3n) is 5.17. The van der Waals surface area contributed by atoms with E-state index in [2.05, 4.69) is 20.4 Å². The molecule has 1 atom stereocenters. The summed E-state index contributed by atoms with van der Waals surface area (Å²) in [6.07, 6.45) is 4.46. The van der Waals surface area contributed by atoms with Gasteiger partial charge in [0.15, 0.2) is 11.2 Å². The van der Waals surface area contributed by atoms with Crippen LogP contribution in [-0.4, -0.2) is 48.5 Å². The first-order valence-corrected chi connectivity index (χ1v) is 9.37. The molecular weight excluding hydrogens is 354 g/mol. The van der Waals surface area contributed by atoms with E-state index in [0.717, 1.165) is 47.9 Å². The first-order chi connectivity index (χ1) is 13.7. The SMILES string of the molecule is Cc1c(-c2nc3c(OC4CCNC4)ncnc3n2C)cnn1-c1ccccc1. The Kier molecular flexibility index (Phi) is 4.05. The second-order valence-corrected chi connectivity index (χ2v) is 6.97. The summed E-state index contributed by atoms with van der Waals surface area (Å²) in [6.45, 7) is 3.83. The van der Waals surface area contributed by atoms with Gasteiger partial charge in [0.1, 0.15) is 18.3 Å². The molecule has 5 rings (SSSR count). The number of aromatic nitrogens is 6. The second-order valence-electron chi connectivity index (χ2n) is 6.97. The van der Waals surface area contributed by atoms with Gasteiger partial charge in [-0.25, -0.2) is 14.6 Å². The van der Waals surface area contributed by atoms with E-state index in [-0.39, 0.29) is 6.10 Å². The Bertz CT molecular complexity index is 1130. The molecule has 3 aromatic heterocycles. The van der Waals surface area contributed by atoms with E-state index in [1.807, 2.05) is 59.7 Å². The molecule has 28 heavy (non-hydrogen) atoms. The third kappa shape index (κ3) is 2.73. The van der Waals surface area contributed by atoms with Crippen LogP contribution in [-0.2, 0) is 7.05 Å². The van der Waals surface area contributed by atoms with Gasteiger partial charge in [-0.2, -0.15) is 10.1 Å². The number of fused-ring (bicyclic) bond motifs is 1. The fourth-order valence-electron chi connectivity index (χ4n) is 3.65. The highest BCUT2D eigenvalue weighted by molar-refractivity contribution is 5.81. The molecule has 142 valence electrons. The highest BCUT2D eigenvalue weighted by atomic mass is 16.5. The van der Waals surface area contributed by atoms with Gasteiger partial charge in [0.2, 0.25) is 5.88 Å². The van der Waals surface area contributed by atoms with Gasteiger partial charge in [0, 0.05) is 13.6 Å². The molecule has 1 unspecified atom stereocenters. The molecule has 4 aromatic rings. The van der Waals surface area contributed by atoms with Crippen LogP contribution in [0.25, 0.3) is 28.2 Å². The number of hydrogen-bond acceptors (Lipinski definition) is 6. The van der Waals surface area contributed by atoms with E-state index in [1.54, 1.807) is 0 Å². The number of benzene rings is 1. The lowest BCUT2D eigenvalue weighted by molar-refractivity contribution is 0.216. The van der Waals surface area contributed by atoms with Gasteiger partial charge in [-0.1, -0.05) is 18.2 Å². The Labute approximate surface area is 162 Å². The molecule has 0 bridgehead atoms. The van der Waals surface area contributed by atoms with Crippen LogP contribution in [0, 0.1) is 6.92 Å². The molecule has 0 saturated carbocycles. The second kappa shape index (κ2) is 6.72. The summed E-state index contributed by atoms with van der Waals surface area (Å²) in [5.74, 6) is 1.33. The molecule has 1 saturated heterocycles. The lowest BCUT2D eigenvalue weighted by Gasteiger charge is -2.10. The van der Waals surface area contributed by atoms with Crippen molar-refractivity contribution in [3.05, 3.63) is 48.5 Å². The first kappa shape index (κ1) is 16.9. The minimum absolute atomic E-state index is 0.117. The lowest BCUT2D eigenvalue weighted by atomic mass is 10.2. The molecule has 8 nitrogen and oxygen atoms in total. The summed E-state index contributed by atoms with van der Waals surface area (Å²) in [5, 5.41) is 7.87. The molecule has 0 spiro atoms. The predicted octanol–water partition coefficient (Wildman–Crippen LogP) is 2.27. The molecule has 0 amide bonds. The van der Waals surface area contributed by atoms with Gasteiger partial charge < -0.3 is 14.6 Å². The van der Waals surface area contributed by atoms with Crippen molar-refractivity contribution in [3.63, 3.8) is 0 Å². The molecule has 1 aromatic carbocycles. The Balaban J connectivity index is 1.58. The van der Waals surface area contributed by atoms with Crippen molar-refractivity contribution in [1.82, 2.24) is 34.6 Å². The zero-order valence-corrected chi connectivity index (χ0v) is 15.8. The molecule has 1 aliphatic rings. The Morgan fingerprint density at radius 1 is 1.18 bits per heavy atom. The summed E-state index contributed by atoms with van der Waals surface area (Å²) >= 11 is 0. The smallest absolute Gasteiger partial charge is 0.245 e. The number of imidazole rings is 1. The molecule has 1 aliphatic heterocycles. The van der Waals surface area contributed by atoms with Gasteiger partial charge in [-0.3, -0.25) is 0 Å². The van der Waals surface area contributed by atoms with Gasteiger partial charge in [-0.15, -0.1) is 0 Å². The monoisotopic (exact) mass is 375 g/mol. The molecule has 8 heteroatoms. The van der Waals surface area contributed by atoms with Gasteiger partial charge in [0.05, 0.1) is 23.1 Å². The van der Waals surface area contributed by atoms with E-state index in [1.165, 1.54) is 6.33 Å². The van der Waals surface area contributed by atoms with E-state index in [0.29, 0.717) is 11.4 Å². The minimum Gasteiger partial charge on any atom is -0.471 e. The maximum absolute atomic E-state index is 6.09. The van der Waals surface area contributed by atoms with Gasteiger partial charge in [0.25, 0.3) is 0 Å². The van der Waals surface area contributed by atoms with E-state index in [9.17, 15) is 0 Å². The number of hydrogen-bond donors (Lipinski definition) is 1. The number of nitrogens with one attached hydrogen (secondary N) is 1.